The number of carboxylic acid groups (broad SMARTS) is 1. The molecule has 0 saturated carbocycles. The SMILES string of the molecule is CC(C)(C)OC(=O)N(Cc1ccc(C(=O)O)cc1Cl)CC(O[Si](C)(C)C(C)(C)C)c1ccc(O)c2[nH]c(=O)ccc12. The lowest BCUT2D eigenvalue weighted by molar-refractivity contribution is 0.0137. The molecule has 3 N–H and O–H groups in total. The molecule has 0 spiro atoms. The van der Waals surface area contributed by atoms with Crippen LogP contribution in [0.15, 0.2) is 47.3 Å². The summed E-state index contributed by atoms with van der Waals surface area (Å²) in [6.07, 6.45) is -1.27. The summed E-state index contributed by atoms with van der Waals surface area (Å²) in [5, 5.41) is 20.5. The van der Waals surface area contributed by atoms with Crippen LogP contribution < -0.4 is 5.56 Å². The van der Waals surface area contributed by atoms with Crippen molar-refractivity contribution in [2.24, 2.45) is 0 Å². The topological polar surface area (TPSA) is 129 Å². The number of fused-ring (bicyclic) bond motifs is 1. The number of phenolic OH excluding ortho intramolecular Hbond substituents is 1. The number of aromatic carboxylic acids is 1. The number of halogens is 1. The molecular weight excluding hydrogens is 564 g/mol. The van der Waals surface area contributed by atoms with Gasteiger partial charge in [-0.15, -0.1) is 0 Å². The molecule has 3 rings (SSSR count). The Hall–Kier alpha value is -3.34. The van der Waals surface area contributed by atoms with Crippen LogP contribution in [0.25, 0.3) is 10.9 Å². The van der Waals surface area contributed by atoms with Crippen LogP contribution in [0.4, 0.5) is 4.79 Å². The van der Waals surface area contributed by atoms with E-state index in [1.165, 1.54) is 29.2 Å². The predicted octanol–water partition coefficient (Wildman–Crippen LogP) is 7.09. The van der Waals surface area contributed by atoms with Crippen LogP contribution in [-0.2, 0) is 15.7 Å². The molecule has 0 fully saturated rings. The number of phenols is 1. The van der Waals surface area contributed by atoms with E-state index < -0.39 is 32.1 Å². The fourth-order valence-corrected chi connectivity index (χ4v) is 5.52. The van der Waals surface area contributed by atoms with Gasteiger partial charge in [0.05, 0.1) is 30.3 Å². The van der Waals surface area contributed by atoms with Crippen molar-refractivity contribution in [3.8, 4) is 5.75 Å². The Morgan fingerprint density at radius 3 is 2.27 bits per heavy atom. The van der Waals surface area contributed by atoms with Crippen LogP contribution in [-0.4, -0.2) is 52.6 Å². The maximum absolute atomic E-state index is 13.6. The zero-order valence-electron chi connectivity index (χ0n) is 24.8. The van der Waals surface area contributed by atoms with Gasteiger partial charge < -0.3 is 29.3 Å². The molecule has 0 aliphatic heterocycles. The van der Waals surface area contributed by atoms with Crippen molar-refractivity contribution in [3.05, 3.63) is 74.5 Å². The number of amides is 1. The van der Waals surface area contributed by atoms with Crippen molar-refractivity contribution in [1.29, 1.82) is 0 Å². The summed E-state index contributed by atoms with van der Waals surface area (Å²) in [4.78, 5) is 41.2. The van der Waals surface area contributed by atoms with Crippen molar-refractivity contribution >= 4 is 42.9 Å². The Balaban J connectivity index is 2.16. The van der Waals surface area contributed by atoms with Crippen LogP contribution in [0, 0.1) is 0 Å². The van der Waals surface area contributed by atoms with Gasteiger partial charge in [-0.1, -0.05) is 44.5 Å². The Kier molecular flexibility index (Phi) is 9.32. The lowest BCUT2D eigenvalue weighted by atomic mass is 10.0. The number of hydrogen-bond donors (Lipinski definition) is 3. The minimum Gasteiger partial charge on any atom is -0.506 e. The first-order chi connectivity index (χ1) is 18.8. The number of carboxylic acids is 1. The van der Waals surface area contributed by atoms with Crippen LogP contribution in [0.2, 0.25) is 23.2 Å². The first-order valence-corrected chi connectivity index (χ1v) is 16.6. The molecule has 9 nitrogen and oxygen atoms in total. The van der Waals surface area contributed by atoms with Gasteiger partial charge in [0.15, 0.2) is 8.32 Å². The van der Waals surface area contributed by atoms with Crippen molar-refractivity contribution in [1.82, 2.24) is 9.88 Å². The van der Waals surface area contributed by atoms with Crippen molar-refractivity contribution in [2.75, 3.05) is 6.54 Å². The van der Waals surface area contributed by atoms with Gasteiger partial charge in [0.1, 0.15) is 11.4 Å². The van der Waals surface area contributed by atoms with Crippen LogP contribution in [0.3, 0.4) is 0 Å². The van der Waals surface area contributed by atoms with Gasteiger partial charge in [0.25, 0.3) is 0 Å². The number of aromatic hydroxyl groups is 1. The molecule has 1 amide bonds. The van der Waals surface area contributed by atoms with Crippen LogP contribution in [0.1, 0.15) is 69.1 Å². The Bertz CT molecular complexity index is 1510. The summed E-state index contributed by atoms with van der Waals surface area (Å²) in [5.74, 6) is -1.19. The van der Waals surface area contributed by atoms with Crippen molar-refractivity contribution in [3.63, 3.8) is 0 Å². The second-order valence-corrected chi connectivity index (χ2v) is 17.8. The highest BCUT2D eigenvalue weighted by Gasteiger charge is 2.41. The minimum absolute atomic E-state index is 0.0257. The Morgan fingerprint density at radius 2 is 1.71 bits per heavy atom. The van der Waals surface area contributed by atoms with Gasteiger partial charge in [0, 0.05) is 16.5 Å². The highest BCUT2D eigenvalue weighted by Crippen LogP contribution is 2.41. The molecule has 222 valence electrons. The molecule has 0 saturated heterocycles. The van der Waals surface area contributed by atoms with E-state index in [0.717, 1.165) is 0 Å². The summed E-state index contributed by atoms with van der Waals surface area (Å²) >= 11 is 6.46. The molecule has 2 aromatic carbocycles. The number of aromatic nitrogens is 1. The van der Waals surface area contributed by atoms with E-state index >= 15 is 0 Å². The number of aromatic amines is 1. The fourth-order valence-electron chi connectivity index (χ4n) is 4.02. The third kappa shape index (κ3) is 7.90. The standard InChI is InChI=1S/C30H39ClN2O7Si/c1-29(2,3)39-28(38)33(16-19-10-9-18(27(36)37)15-22(19)31)17-24(40-41(7,8)30(4,5)6)20-11-13-23(34)26-21(20)12-14-25(35)32-26/h9-15,24,34H,16-17H2,1-8H3,(H,32,35)(H,36,37). The predicted molar refractivity (Wildman–Crippen MR) is 162 cm³/mol. The third-order valence-corrected chi connectivity index (χ3v) is 12.0. The molecule has 1 unspecified atom stereocenters. The van der Waals surface area contributed by atoms with Gasteiger partial charge in [-0.2, -0.15) is 0 Å². The maximum atomic E-state index is 13.6. The van der Waals surface area contributed by atoms with Gasteiger partial charge in [-0.25, -0.2) is 9.59 Å². The van der Waals surface area contributed by atoms with E-state index in [4.69, 9.17) is 20.8 Å². The molecule has 3 aromatic rings. The maximum Gasteiger partial charge on any atom is 0.410 e. The number of rotatable bonds is 8. The number of carbonyl (C=O) groups excluding carboxylic acids is 1. The first-order valence-electron chi connectivity index (χ1n) is 13.3. The number of ether oxygens (including phenoxy) is 1. The lowest BCUT2D eigenvalue weighted by Crippen LogP contribution is -2.45. The van der Waals surface area contributed by atoms with Gasteiger partial charge in [-0.3, -0.25) is 4.79 Å². The number of pyridine rings is 1. The van der Waals surface area contributed by atoms with Gasteiger partial charge >= 0.3 is 12.1 Å². The Labute approximate surface area is 246 Å². The second-order valence-electron chi connectivity index (χ2n) is 12.6. The zero-order chi connectivity index (χ0) is 30.9. The molecule has 41 heavy (non-hydrogen) atoms. The molecule has 11 heteroatoms. The lowest BCUT2D eigenvalue weighted by Gasteiger charge is -2.41. The van der Waals surface area contributed by atoms with E-state index in [9.17, 15) is 24.6 Å². The minimum atomic E-state index is -2.44. The smallest absolute Gasteiger partial charge is 0.410 e. The number of benzene rings is 2. The summed E-state index contributed by atoms with van der Waals surface area (Å²) < 4.78 is 12.6. The normalized spacial score (nSPS) is 13.2. The van der Waals surface area contributed by atoms with Crippen LogP contribution in [0.5, 0.6) is 5.75 Å². The van der Waals surface area contributed by atoms with E-state index in [-0.39, 0.29) is 45.5 Å². The number of carbonyl (C=O) groups is 2. The largest absolute Gasteiger partial charge is 0.506 e. The first kappa shape index (κ1) is 32.2. The number of nitrogens with zero attached hydrogens (tertiary/aromatic N) is 1. The second kappa shape index (κ2) is 11.9. The molecule has 0 aliphatic rings. The Morgan fingerprint density at radius 1 is 1.05 bits per heavy atom. The van der Waals surface area contributed by atoms with Gasteiger partial charge in [0.2, 0.25) is 5.56 Å². The number of hydrogen-bond acceptors (Lipinski definition) is 6. The molecule has 0 aliphatic carbocycles. The summed E-state index contributed by atoms with van der Waals surface area (Å²) in [6.45, 7) is 15.9. The van der Waals surface area contributed by atoms with Crippen molar-refractivity contribution < 1.29 is 29.0 Å². The molecule has 0 radical (unpaired) electrons. The zero-order valence-corrected chi connectivity index (χ0v) is 26.5. The molecule has 1 heterocycles. The highest BCUT2D eigenvalue weighted by molar-refractivity contribution is 6.74. The summed E-state index contributed by atoms with van der Waals surface area (Å²) in [6, 6.07) is 10.6. The summed E-state index contributed by atoms with van der Waals surface area (Å²) in [7, 11) is -2.44. The van der Waals surface area contributed by atoms with E-state index in [0.29, 0.717) is 16.5 Å². The third-order valence-electron chi connectivity index (χ3n) is 7.20. The molecule has 1 atom stereocenters. The molecular formula is C30H39ClN2O7Si. The van der Waals surface area contributed by atoms with E-state index in [1.54, 1.807) is 39.0 Å². The summed E-state index contributed by atoms with van der Waals surface area (Å²) in [5.41, 5.74) is 0.378. The van der Waals surface area contributed by atoms with Gasteiger partial charge in [-0.05, 0) is 74.3 Å². The number of H-pyrrole nitrogens is 1. The fraction of sp³-hybridized carbons (Fsp3) is 0.433. The average molecular weight is 603 g/mol. The average Bonchev–Trinajstić information content (AvgIpc) is 2.82. The molecule has 1 aromatic heterocycles. The van der Waals surface area contributed by atoms with Crippen LogP contribution >= 0.6 is 11.6 Å². The number of nitrogens with one attached hydrogen (secondary N) is 1. The highest BCUT2D eigenvalue weighted by atomic mass is 35.5. The monoisotopic (exact) mass is 602 g/mol. The molecule has 0 bridgehead atoms. The van der Waals surface area contributed by atoms with E-state index in [1.807, 2.05) is 0 Å². The van der Waals surface area contributed by atoms with E-state index in [2.05, 4.69) is 38.8 Å². The van der Waals surface area contributed by atoms with Crippen molar-refractivity contribution in [2.45, 2.75) is 77.9 Å². The quantitative estimate of drug-likeness (QED) is 0.235.